The summed E-state index contributed by atoms with van der Waals surface area (Å²) < 4.78 is 15.2. The average Bonchev–Trinajstić information content (AvgIpc) is 3.01. The van der Waals surface area contributed by atoms with Crippen molar-refractivity contribution in [2.75, 3.05) is 19.5 Å². The second-order valence-electron chi connectivity index (χ2n) is 4.21. The molecule has 1 aromatic heterocycles. The van der Waals surface area contributed by atoms with Gasteiger partial charge >= 0.3 is 0 Å². The number of rotatable bonds is 5. The van der Waals surface area contributed by atoms with Crippen molar-refractivity contribution >= 4 is 17.7 Å². The predicted octanol–water partition coefficient (Wildman–Crippen LogP) is 2.84. The molecule has 1 N–H and O–H groups in total. The van der Waals surface area contributed by atoms with Crippen molar-refractivity contribution in [3.8, 4) is 17.8 Å². The van der Waals surface area contributed by atoms with Crippen LogP contribution < -0.4 is 14.8 Å². The van der Waals surface area contributed by atoms with E-state index in [2.05, 4.69) is 5.32 Å². The van der Waals surface area contributed by atoms with Gasteiger partial charge in [0, 0.05) is 17.8 Å². The molecule has 2 rings (SSSR count). The number of nitrogens with one attached hydrogen (secondary N) is 1. The standard InChI is InChI=1S/C16H14N2O4/c1-20-13-5-3-12(4-6-13)18-16(19)11(10-17)9-14-7-8-15(21-2)22-14/h3-9H,1-2H3,(H,18,19)/b11-9+. The van der Waals surface area contributed by atoms with Crippen LogP contribution in [-0.2, 0) is 4.79 Å². The van der Waals surface area contributed by atoms with Crippen LogP contribution >= 0.6 is 0 Å². The lowest BCUT2D eigenvalue weighted by atomic mass is 10.2. The van der Waals surface area contributed by atoms with Gasteiger partial charge in [-0.3, -0.25) is 4.79 Å². The van der Waals surface area contributed by atoms with E-state index < -0.39 is 5.91 Å². The van der Waals surface area contributed by atoms with Crippen molar-refractivity contribution in [3.05, 3.63) is 47.7 Å². The summed E-state index contributed by atoms with van der Waals surface area (Å²) in [7, 11) is 3.02. The minimum absolute atomic E-state index is 0.0761. The number of amides is 1. The molecular weight excluding hydrogens is 284 g/mol. The van der Waals surface area contributed by atoms with Crippen molar-refractivity contribution < 1.29 is 18.7 Å². The minimum atomic E-state index is -0.525. The predicted molar refractivity (Wildman–Crippen MR) is 80.5 cm³/mol. The molecule has 0 radical (unpaired) electrons. The summed E-state index contributed by atoms with van der Waals surface area (Å²) in [6.07, 6.45) is 1.35. The van der Waals surface area contributed by atoms with Crippen LogP contribution in [0.3, 0.4) is 0 Å². The molecule has 0 bridgehead atoms. The van der Waals surface area contributed by atoms with Crippen molar-refractivity contribution in [3.63, 3.8) is 0 Å². The number of benzene rings is 1. The third kappa shape index (κ3) is 3.67. The van der Waals surface area contributed by atoms with Crippen LogP contribution in [0.25, 0.3) is 6.08 Å². The van der Waals surface area contributed by atoms with Crippen LogP contribution in [0.15, 0.2) is 46.4 Å². The number of carbonyl (C=O) groups is 1. The number of furan rings is 1. The summed E-state index contributed by atoms with van der Waals surface area (Å²) in [4.78, 5) is 12.1. The van der Waals surface area contributed by atoms with Crippen molar-refractivity contribution in [1.29, 1.82) is 5.26 Å². The number of nitriles is 1. The molecular formula is C16H14N2O4. The monoisotopic (exact) mass is 298 g/mol. The van der Waals surface area contributed by atoms with E-state index in [1.54, 1.807) is 43.5 Å². The molecule has 0 spiro atoms. The summed E-state index contributed by atoms with van der Waals surface area (Å²) >= 11 is 0. The fourth-order valence-electron chi connectivity index (χ4n) is 1.69. The summed E-state index contributed by atoms with van der Waals surface area (Å²) in [6.45, 7) is 0. The number of hydrogen-bond donors (Lipinski definition) is 1. The van der Waals surface area contributed by atoms with Gasteiger partial charge in [0.05, 0.1) is 14.2 Å². The highest BCUT2D eigenvalue weighted by Gasteiger charge is 2.11. The van der Waals surface area contributed by atoms with Crippen molar-refractivity contribution in [2.45, 2.75) is 0 Å². The van der Waals surface area contributed by atoms with E-state index in [1.165, 1.54) is 13.2 Å². The Morgan fingerprint density at radius 3 is 2.45 bits per heavy atom. The largest absolute Gasteiger partial charge is 0.497 e. The SMILES string of the molecule is COc1ccc(NC(=O)/C(C#N)=C/c2ccc(OC)o2)cc1. The van der Waals surface area contributed by atoms with E-state index in [0.29, 0.717) is 23.1 Å². The zero-order valence-corrected chi connectivity index (χ0v) is 12.1. The first kappa shape index (κ1) is 15.2. The molecule has 6 nitrogen and oxygen atoms in total. The van der Waals surface area contributed by atoms with Gasteiger partial charge in [-0.1, -0.05) is 0 Å². The first-order chi connectivity index (χ1) is 10.7. The summed E-state index contributed by atoms with van der Waals surface area (Å²) in [6, 6.07) is 11.8. The molecule has 6 heteroatoms. The maximum Gasteiger partial charge on any atom is 0.284 e. The zero-order chi connectivity index (χ0) is 15.9. The Hall–Kier alpha value is -3.20. The van der Waals surface area contributed by atoms with Gasteiger partial charge in [-0.15, -0.1) is 0 Å². The highest BCUT2D eigenvalue weighted by molar-refractivity contribution is 6.09. The molecule has 2 aromatic rings. The summed E-state index contributed by atoms with van der Waals surface area (Å²) in [5.74, 6) is 0.817. The topological polar surface area (TPSA) is 84.5 Å². The molecule has 0 atom stereocenters. The van der Waals surface area contributed by atoms with Crippen LogP contribution in [0.5, 0.6) is 11.7 Å². The fraction of sp³-hybridized carbons (Fsp3) is 0.125. The molecule has 0 saturated carbocycles. The minimum Gasteiger partial charge on any atom is -0.497 e. The highest BCUT2D eigenvalue weighted by atomic mass is 16.6. The Labute approximate surface area is 127 Å². The smallest absolute Gasteiger partial charge is 0.284 e. The van der Waals surface area contributed by atoms with Crippen molar-refractivity contribution in [2.24, 2.45) is 0 Å². The lowest BCUT2D eigenvalue weighted by molar-refractivity contribution is -0.112. The van der Waals surface area contributed by atoms with Gasteiger partial charge in [-0.05, 0) is 30.3 Å². The molecule has 1 amide bonds. The van der Waals surface area contributed by atoms with Crippen molar-refractivity contribution in [1.82, 2.24) is 0 Å². The Morgan fingerprint density at radius 2 is 1.91 bits per heavy atom. The van der Waals surface area contributed by atoms with Crippen LogP contribution in [0, 0.1) is 11.3 Å². The van der Waals surface area contributed by atoms with Gasteiger partial charge in [0.2, 0.25) is 0 Å². The number of methoxy groups -OCH3 is 2. The second kappa shape index (κ2) is 6.99. The number of anilines is 1. The third-order valence-electron chi connectivity index (χ3n) is 2.80. The number of nitrogens with zero attached hydrogens (tertiary/aromatic N) is 1. The molecule has 0 aliphatic carbocycles. The highest BCUT2D eigenvalue weighted by Crippen LogP contribution is 2.19. The van der Waals surface area contributed by atoms with Crippen LogP contribution in [0.1, 0.15) is 5.76 Å². The molecule has 1 aromatic carbocycles. The molecule has 0 unspecified atom stereocenters. The molecule has 0 fully saturated rings. The average molecular weight is 298 g/mol. The van der Waals surface area contributed by atoms with Gasteiger partial charge in [0.1, 0.15) is 23.2 Å². The van der Waals surface area contributed by atoms with E-state index in [1.807, 2.05) is 6.07 Å². The Kier molecular flexibility index (Phi) is 4.83. The van der Waals surface area contributed by atoms with Gasteiger partial charge in [-0.25, -0.2) is 0 Å². The van der Waals surface area contributed by atoms with Gasteiger partial charge < -0.3 is 19.2 Å². The van der Waals surface area contributed by atoms with Crippen LogP contribution in [0.4, 0.5) is 5.69 Å². The van der Waals surface area contributed by atoms with Gasteiger partial charge in [0.15, 0.2) is 0 Å². The zero-order valence-electron chi connectivity index (χ0n) is 12.1. The molecule has 0 saturated heterocycles. The van der Waals surface area contributed by atoms with E-state index in [4.69, 9.17) is 19.2 Å². The van der Waals surface area contributed by atoms with E-state index in [9.17, 15) is 4.79 Å². The molecule has 22 heavy (non-hydrogen) atoms. The lowest BCUT2D eigenvalue weighted by Gasteiger charge is -2.05. The Bertz CT molecular complexity index is 723. The van der Waals surface area contributed by atoms with E-state index >= 15 is 0 Å². The maximum absolute atomic E-state index is 12.1. The van der Waals surface area contributed by atoms with Gasteiger partial charge in [-0.2, -0.15) is 5.26 Å². The Morgan fingerprint density at radius 1 is 1.18 bits per heavy atom. The number of hydrogen-bond acceptors (Lipinski definition) is 5. The second-order valence-corrected chi connectivity index (χ2v) is 4.21. The third-order valence-corrected chi connectivity index (χ3v) is 2.80. The van der Waals surface area contributed by atoms with Gasteiger partial charge in [0.25, 0.3) is 11.9 Å². The number of ether oxygens (including phenoxy) is 2. The Balaban J connectivity index is 2.12. The normalized spacial score (nSPS) is 10.7. The quantitative estimate of drug-likeness (QED) is 0.677. The van der Waals surface area contributed by atoms with Crippen LogP contribution in [-0.4, -0.2) is 20.1 Å². The summed E-state index contributed by atoms with van der Waals surface area (Å²) in [5, 5.41) is 11.7. The molecule has 0 aliphatic rings. The maximum atomic E-state index is 12.1. The van der Waals surface area contributed by atoms with E-state index in [0.717, 1.165) is 0 Å². The van der Waals surface area contributed by atoms with E-state index in [-0.39, 0.29) is 5.57 Å². The molecule has 1 heterocycles. The molecule has 112 valence electrons. The summed E-state index contributed by atoms with van der Waals surface area (Å²) in [5.41, 5.74) is 0.483. The van der Waals surface area contributed by atoms with Crippen LogP contribution in [0.2, 0.25) is 0 Å². The first-order valence-corrected chi connectivity index (χ1v) is 6.37. The fourth-order valence-corrected chi connectivity index (χ4v) is 1.69. The molecule has 0 aliphatic heterocycles. The lowest BCUT2D eigenvalue weighted by Crippen LogP contribution is -2.13. The number of carbonyl (C=O) groups excluding carboxylic acids is 1. The first-order valence-electron chi connectivity index (χ1n) is 6.37.